The number of amides is 1. The number of hydrogen-bond acceptors (Lipinski definition) is 2. The van der Waals surface area contributed by atoms with Crippen LogP contribution in [0.15, 0.2) is 0 Å². The van der Waals surface area contributed by atoms with E-state index in [1.54, 1.807) is 0 Å². The van der Waals surface area contributed by atoms with Crippen molar-refractivity contribution in [3.8, 4) is 18.4 Å². The molecule has 0 aromatic heterocycles. The largest absolute Gasteiger partial charge is 0.338 e. The summed E-state index contributed by atoms with van der Waals surface area (Å²) in [5.74, 6) is 2.79. The van der Waals surface area contributed by atoms with E-state index in [9.17, 15) is 10.1 Å². The summed E-state index contributed by atoms with van der Waals surface area (Å²) < 4.78 is 0. The minimum Gasteiger partial charge on any atom is -0.338 e. The third-order valence-corrected chi connectivity index (χ3v) is 3.59. The number of hydrogen-bond donors (Lipinski definition) is 1. The molecule has 0 aromatic rings. The summed E-state index contributed by atoms with van der Waals surface area (Å²) in [5, 5.41) is 12.2. The van der Waals surface area contributed by atoms with Crippen molar-refractivity contribution in [3.05, 3.63) is 0 Å². The highest BCUT2D eigenvalue weighted by molar-refractivity contribution is 5.77. The second kappa shape index (κ2) is 6.30. The van der Waals surface area contributed by atoms with E-state index < -0.39 is 5.54 Å². The fourth-order valence-electron chi connectivity index (χ4n) is 2.38. The topological polar surface area (TPSA) is 52.9 Å². The monoisotopic (exact) mass is 232 g/mol. The maximum Gasteiger partial charge on any atom is 0.221 e. The average Bonchev–Trinajstić information content (AvgIpc) is 2.67. The molecule has 17 heavy (non-hydrogen) atoms. The molecule has 0 heterocycles. The number of terminal acetylenes is 1. The second-order valence-electron chi connectivity index (χ2n) is 4.84. The molecule has 1 aliphatic rings. The molecule has 1 rings (SSSR count). The molecule has 0 aromatic carbocycles. The van der Waals surface area contributed by atoms with E-state index in [0.717, 1.165) is 32.1 Å². The molecule has 0 bridgehead atoms. The predicted molar refractivity (Wildman–Crippen MR) is 66.8 cm³/mol. The van der Waals surface area contributed by atoms with Crippen LogP contribution in [0.4, 0.5) is 0 Å². The van der Waals surface area contributed by atoms with E-state index in [1.165, 1.54) is 0 Å². The van der Waals surface area contributed by atoms with Crippen LogP contribution in [0.3, 0.4) is 0 Å². The number of nitrogens with zero attached hydrogens (tertiary/aromatic N) is 1. The van der Waals surface area contributed by atoms with Crippen LogP contribution in [0.2, 0.25) is 0 Å². The fraction of sp³-hybridized carbons (Fsp3) is 0.714. The molecule has 0 saturated heterocycles. The molecule has 0 unspecified atom stereocenters. The Morgan fingerprint density at radius 2 is 2.35 bits per heavy atom. The Morgan fingerprint density at radius 1 is 1.59 bits per heavy atom. The zero-order valence-corrected chi connectivity index (χ0v) is 10.5. The van der Waals surface area contributed by atoms with Gasteiger partial charge < -0.3 is 5.32 Å². The number of rotatable bonds is 5. The van der Waals surface area contributed by atoms with Crippen molar-refractivity contribution in [1.82, 2.24) is 5.32 Å². The highest BCUT2D eigenvalue weighted by atomic mass is 16.1. The van der Waals surface area contributed by atoms with E-state index >= 15 is 0 Å². The Bertz CT molecular complexity index is 350. The van der Waals surface area contributed by atoms with Gasteiger partial charge in [0.05, 0.1) is 6.07 Å². The molecule has 1 saturated carbocycles. The van der Waals surface area contributed by atoms with Crippen molar-refractivity contribution < 1.29 is 4.79 Å². The minimum atomic E-state index is -0.622. The lowest BCUT2D eigenvalue weighted by Gasteiger charge is -2.27. The van der Waals surface area contributed by atoms with Gasteiger partial charge in [0, 0.05) is 12.8 Å². The van der Waals surface area contributed by atoms with Crippen LogP contribution in [-0.2, 0) is 4.79 Å². The first-order chi connectivity index (χ1) is 8.14. The highest BCUT2D eigenvalue weighted by Crippen LogP contribution is 2.34. The highest BCUT2D eigenvalue weighted by Gasteiger charge is 2.41. The van der Waals surface area contributed by atoms with E-state index in [-0.39, 0.29) is 11.8 Å². The van der Waals surface area contributed by atoms with Crippen molar-refractivity contribution in [3.63, 3.8) is 0 Å². The Morgan fingerprint density at radius 3 is 2.88 bits per heavy atom. The van der Waals surface area contributed by atoms with Crippen LogP contribution in [-0.4, -0.2) is 11.4 Å². The first kappa shape index (κ1) is 13.6. The van der Waals surface area contributed by atoms with Gasteiger partial charge in [-0.1, -0.05) is 6.92 Å². The van der Waals surface area contributed by atoms with Gasteiger partial charge in [-0.3, -0.25) is 4.79 Å². The summed E-state index contributed by atoms with van der Waals surface area (Å²) in [6.45, 7) is 2.04. The van der Waals surface area contributed by atoms with E-state index in [1.807, 2.05) is 6.92 Å². The SMILES string of the molecule is C#CCCCCC(=O)N[C@@]1(C#N)CCC[C@@H]1C. The molecule has 1 N–H and O–H groups in total. The maximum absolute atomic E-state index is 11.8. The van der Waals surface area contributed by atoms with Gasteiger partial charge in [0.25, 0.3) is 0 Å². The second-order valence-corrected chi connectivity index (χ2v) is 4.84. The third kappa shape index (κ3) is 3.49. The van der Waals surface area contributed by atoms with Crippen molar-refractivity contribution in [2.24, 2.45) is 5.92 Å². The molecule has 3 heteroatoms. The molecule has 1 aliphatic carbocycles. The lowest BCUT2D eigenvalue weighted by Crippen LogP contribution is -2.49. The minimum absolute atomic E-state index is 0.0164. The summed E-state index contributed by atoms with van der Waals surface area (Å²) in [5.41, 5.74) is -0.622. The zero-order chi connectivity index (χ0) is 12.7. The van der Waals surface area contributed by atoms with Gasteiger partial charge in [0.15, 0.2) is 0 Å². The molecule has 3 nitrogen and oxygen atoms in total. The number of nitrogens with one attached hydrogen (secondary N) is 1. The normalized spacial score (nSPS) is 27.1. The quantitative estimate of drug-likeness (QED) is 0.584. The number of nitriles is 1. The first-order valence-corrected chi connectivity index (χ1v) is 6.30. The molecular formula is C14H20N2O. The smallest absolute Gasteiger partial charge is 0.221 e. The Labute approximate surface area is 104 Å². The van der Waals surface area contributed by atoms with Crippen LogP contribution < -0.4 is 5.32 Å². The van der Waals surface area contributed by atoms with Gasteiger partial charge in [0.2, 0.25) is 5.91 Å². The summed E-state index contributed by atoms with van der Waals surface area (Å²) in [7, 11) is 0. The van der Waals surface area contributed by atoms with Crippen molar-refractivity contribution >= 4 is 5.91 Å². The summed E-state index contributed by atoms with van der Waals surface area (Å²) in [6, 6.07) is 2.30. The molecule has 0 spiro atoms. The van der Waals surface area contributed by atoms with E-state index in [4.69, 9.17) is 6.42 Å². The van der Waals surface area contributed by atoms with Crippen molar-refractivity contribution in [1.29, 1.82) is 5.26 Å². The van der Waals surface area contributed by atoms with Gasteiger partial charge in [0.1, 0.15) is 5.54 Å². The number of unbranched alkanes of at least 4 members (excludes halogenated alkanes) is 2. The Balaban J connectivity index is 2.39. The van der Waals surface area contributed by atoms with Gasteiger partial charge >= 0.3 is 0 Å². The van der Waals surface area contributed by atoms with Gasteiger partial charge in [-0.15, -0.1) is 12.3 Å². The lowest BCUT2D eigenvalue weighted by atomic mass is 9.89. The van der Waals surface area contributed by atoms with Gasteiger partial charge in [-0.2, -0.15) is 5.26 Å². The Hall–Kier alpha value is -1.48. The van der Waals surface area contributed by atoms with Crippen LogP contribution in [0.5, 0.6) is 0 Å². The maximum atomic E-state index is 11.8. The van der Waals surface area contributed by atoms with E-state index in [0.29, 0.717) is 12.8 Å². The average molecular weight is 232 g/mol. The van der Waals surface area contributed by atoms with Gasteiger partial charge in [-0.05, 0) is 38.0 Å². The van der Waals surface area contributed by atoms with E-state index in [2.05, 4.69) is 17.3 Å². The fourth-order valence-corrected chi connectivity index (χ4v) is 2.38. The molecule has 0 radical (unpaired) electrons. The summed E-state index contributed by atoms with van der Waals surface area (Å²) >= 11 is 0. The first-order valence-electron chi connectivity index (χ1n) is 6.30. The summed E-state index contributed by atoms with van der Waals surface area (Å²) in [4.78, 5) is 11.8. The van der Waals surface area contributed by atoms with Crippen molar-refractivity contribution in [2.75, 3.05) is 0 Å². The molecule has 1 fully saturated rings. The number of carbonyl (C=O) groups excluding carboxylic acids is 1. The molecule has 92 valence electrons. The molecular weight excluding hydrogens is 212 g/mol. The van der Waals surface area contributed by atoms with Crippen molar-refractivity contribution in [2.45, 2.75) is 57.4 Å². The molecule has 1 amide bonds. The third-order valence-electron chi connectivity index (χ3n) is 3.59. The zero-order valence-electron chi connectivity index (χ0n) is 10.5. The van der Waals surface area contributed by atoms with Gasteiger partial charge in [-0.25, -0.2) is 0 Å². The van der Waals surface area contributed by atoms with Crippen LogP contribution in [0.25, 0.3) is 0 Å². The number of carbonyl (C=O) groups is 1. The predicted octanol–water partition coefficient (Wildman–Crippen LogP) is 2.38. The standard InChI is InChI=1S/C14H20N2O/c1-3-4-5-6-9-13(17)16-14(11-15)10-7-8-12(14)2/h1,12H,4-10H2,2H3,(H,16,17)/t12-,14+/m0/s1. The van der Waals surface area contributed by atoms with Crippen LogP contribution in [0.1, 0.15) is 51.9 Å². The lowest BCUT2D eigenvalue weighted by molar-refractivity contribution is -0.122. The molecule has 0 aliphatic heterocycles. The summed E-state index contributed by atoms with van der Waals surface area (Å²) in [6.07, 6.45) is 10.8. The van der Waals surface area contributed by atoms with Crippen LogP contribution >= 0.6 is 0 Å². The van der Waals surface area contributed by atoms with Crippen LogP contribution in [0, 0.1) is 29.6 Å². The Kier molecular flexibility index (Phi) is 5.04. The molecule has 2 atom stereocenters.